The number of likely N-dealkylation sites (tertiary alicyclic amines) is 1. The third-order valence-corrected chi connectivity index (χ3v) is 2.62. The summed E-state index contributed by atoms with van der Waals surface area (Å²) >= 11 is 0. The molecule has 1 fully saturated rings. The fraction of sp³-hybridized carbons (Fsp3) is 1.00. The van der Waals surface area contributed by atoms with Gasteiger partial charge in [-0.05, 0) is 24.7 Å². The van der Waals surface area contributed by atoms with Crippen LogP contribution in [-0.4, -0.2) is 38.3 Å². The van der Waals surface area contributed by atoms with Crippen molar-refractivity contribution in [2.75, 3.05) is 33.4 Å². The second-order valence-corrected chi connectivity index (χ2v) is 4.61. The number of methoxy groups -OCH3 is 1. The highest BCUT2D eigenvalue weighted by molar-refractivity contribution is 4.79. The van der Waals surface area contributed by atoms with Gasteiger partial charge >= 0.3 is 0 Å². The second kappa shape index (κ2) is 5.61. The Balaban J connectivity index is 1.92. The van der Waals surface area contributed by atoms with E-state index in [4.69, 9.17) is 4.74 Å². The van der Waals surface area contributed by atoms with Gasteiger partial charge in [-0.1, -0.05) is 13.8 Å². The van der Waals surface area contributed by atoms with Crippen molar-refractivity contribution < 1.29 is 4.74 Å². The van der Waals surface area contributed by atoms with Crippen LogP contribution in [0, 0.1) is 11.8 Å². The first-order valence-electron chi connectivity index (χ1n) is 5.43. The minimum Gasteiger partial charge on any atom is -0.385 e. The van der Waals surface area contributed by atoms with Gasteiger partial charge in [0.05, 0.1) is 0 Å². The number of ether oxygens (including phenoxy) is 1. The zero-order valence-electron chi connectivity index (χ0n) is 9.25. The summed E-state index contributed by atoms with van der Waals surface area (Å²) in [7, 11) is 1.78. The summed E-state index contributed by atoms with van der Waals surface area (Å²) in [6, 6.07) is 0. The summed E-state index contributed by atoms with van der Waals surface area (Å²) in [5.41, 5.74) is 0. The fourth-order valence-electron chi connectivity index (χ4n) is 2.04. The first-order valence-corrected chi connectivity index (χ1v) is 5.43. The molecule has 0 amide bonds. The smallest absolute Gasteiger partial charge is 0.0462 e. The van der Waals surface area contributed by atoms with Gasteiger partial charge in [0.2, 0.25) is 0 Å². The standard InChI is InChI=1S/C11H23NO/c1-10(2)7-12-8-11(9-12)5-4-6-13-3/h10-11H,4-9H2,1-3H3. The molecule has 0 aromatic carbocycles. The Morgan fingerprint density at radius 1 is 1.38 bits per heavy atom. The summed E-state index contributed by atoms with van der Waals surface area (Å²) in [6.07, 6.45) is 2.58. The van der Waals surface area contributed by atoms with Gasteiger partial charge in [-0.3, -0.25) is 0 Å². The van der Waals surface area contributed by atoms with Gasteiger partial charge in [0.25, 0.3) is 0 Å². The third kappa shape index (κ3) is 4.10. The number of rotatable bonds is 6. The first-order chi connectivity index (χ1) is 6.22. The molecule has 2 nitrogen and oxygen atoms in total. The molecule has 13 heavy (non-hydrogen) atoms. The molecule has 0 bridgehead atoms. The highest BCUT2D eigenvalue weighted by Crippen LogP contribution is 2.21. The molecule has 2 heteroatoms. The van der Waals surface area contributed by atoms with Gasteiger partial charge in [0.15, 0.2) is 0 Å². The maximum Gasteiger partial charge on any atom is 0.0462 e. The monoisotopic (exact) mass is 185 g/mol. The maximum absolute atomic E-state index is 5.04. The molecule has 0 saturated carbocycles. The molecule has 1 heterocycles. The van der Waals surface area contributed by atoms with Crippen molar-refractivity contribution in [2.45, 2.75) is 26.7 Å². The van der Waals surface area contributed by atoms with Gasteiger partial charge in [0.1, 0.15) is 0 Å². The van der Waals surface area contributed by atoms with Crippen LogP contribution in [-0.2, 0) is 4.74 Å². The minimum absolute atomic E-state index is 0.819. The van der Waals surface area contributed by atoms with Crippen LogP contribution in [0.2, 0.25) is 0 Å². The molecule has 0 N–H and O–H groups in total. The fourth-order valence-corrected chi connectivity index (χ4v) is 2.04. The van der Waals surface area contributed by atoms with E-state index in [9.17, 15) is 0 Å². The Labute approximate surface area is 82.3 Å². The van der Waals surface area contributed by atoms with E-state index in [-0.39, 0.29) is 0 Å². The molecule has 0 aromatic rings. The van der Waals surface area contributed by atoms with Crippen LogP contribution in [0.1, 0.15) is 26.7 Å². The van der Waals surface area contributed by atoms with Crippen LogP contribution in [0.3, 0.4) is 0 Å². The van der Waals surface area contributed by atoms with Crippen molar-refractivity contribution in [2.24, 2.45) is 11.8 Å². The Morgan fingerprint density at radius 2 is 2.08 bits per heavy atom. The van der Waals surface area contributed by atoms with E-state index in [1.165, 1.54) is 32.5 Å². The zero-order chi connectivity index (χ0) is 9.68. The zero-order valence-corrected chi connectivity index (χ0v) is 9.25. The summed E-state index contributed by atoms with van der Waals surface area (Å²) in [5.74, 6) is 1.77. The highest BCUT2D eigenvalue weighted by Gasteiger charge is 2.25. The minimum atomic E-state index is 0.819. The van der Waals surface area contributed by atoms with Crippen molar-refractivity contribution in [3.63, 3.8) is 0 Å². The molecule has 0 atom stereocenters. The number of hydrogen-bond acceptors (Lipinski definition) is 2. The molecule has 0 spiro atoms. The van der Waals surface area contributed by atoms with Crippen LogP contribution < -0.4 is 0 Å². The lowest BCUT2D eigenvalue weighted by atomic mass is 9.94. The van der Waals surface area contributed by atoms with E-state index in [2.05, 4.69) is 18.7 Å². The van der Waals surface area contributed by atoms with Crippen LogP contribution in [0.5, 0.6) is 0 Å². The molecular weight excluding hydrogens is 162 g/mol. The quantitative estimate of drug-likeness (QED) is 0.587. The van der Waals surface area contributed by atoms with Crippen LogP contribution in [0.4, 0.5) is 0 Å². The van der Waals surface area contributed by atoms with E-state index < -0.39 is 0 Å². The Hall–Kier alpha value is -0.0800. The SMILES string of the molecule is COCCCC1CN(CC(C)C)C1. The van der Waals surface area contributed by atoms with E-state index >= 15 is 0 Å². The Morgan fingerprint density at radius 3 is 2.62 bits per heavy atom. The van der Waals surface area contributed by atoms with Crippen molar-refractivity contribution in [1.29, 1.82) is 0 Å². The molecule has 1 aliphatic rings. The molecule has 0 radical (unpaired) electrons. The van der Waals surface area contributed by atoms with Crippen LogP contribution >= 0.6 is 0 Å². The highest BCUT2D eigenvalue weighted by atomic mass is 16.5. The van der Waals surface area contributed by atoms with Crippen LogP contribution in [0.15, 0.2) is 0 Å². The lowest BCUT2D eigenvalue weighted by Crippen LogP contribution is -2.48. The van der Waals surface area contributed by atoms with Crippen molar-refractivity contribution in [3.05, 3.63) is 0 Å². The largest absolute Gasteiger partial charge is 0.385 e. The predicted octanol–water partition coefficient (Wildman–Crippen LogP) is 2.00. The average Bonchev–Trinajstić information content (AvgIpc) is 1.99. The molecule has 1 aliphatic heterocycles. The summed E-state index contributed by atoms with van der Waals surface area (Å²) in [6.45, 7) is 9.43. The first kappa shape index (κ1) is 11.0. The van der Waals surface area contributed by atoms with Gasteiger partial charge in [-0.25, -0.2) is 0 Å². The molecule has 0 unspecified atom stereocenters. The third-order valence-electron chi connectivity index (χ3n) is 2.62. The molecule has 1 rings (SSSR count). The van der Waals surface area contributed by atoms with E-state index in [1.807, 2.05) is 0 Å². The van der Waals surface area contributed by atoms with E-state index in [1.54, 1.807) is 7.11 Å². The second-order valence-electron chi connectivity index (χ2n) is 4.61. The van der Waals surface area contributed by atoms with Crippen LogP contribution in [0.25, 0.3) is 0 Å². The Bertz CT molecular complexity index is 130. The molecular formula is C11H23NO. The Kier molecular flexibility index (Phi) is 4.74. The van der Waals surface area contributed by atoms with Crippen molar-refractivity contribution >= 4 is 0 Å². The van der Waals surface area contributed by atoms with Gasteiger partial charge in [-0.2, -0.15) is 0 Å². The van der Waals surface area contributed by atoms with Gasteiger partial charge in [0, 0.05) is 33.4 Å². The molecule has 1 saturated heterocycles. The maximum atomic E-state index is 5.04. The van der Waals surface area contributed by atoms with Gasteiger partial charge in [-0.15, -0.1) is 0 Å². The van der Waals surface area contributed by atoms with Crippen molar-refractivity contribution in [1.82, 2.24) is 4.90 Å². The lowest BCUT2D eigenvalue weighted by Gasteiger charge is -2.40. The van der Waals surface area contributed by atoms with E-state index in [0.717, 1.165) is 18.4 Å². The average molecular weight is 185 g/mol. The normalized spacial score (nSPS) is 19.4. The summed E-state index contributed by atoms with van der Waals surface area (Å²) in [5, 5.41) is 0. The molecule has 0 aromatic heterocycles. The van der Waals surface area contributed by atoms with Crippen molar-refractivity contribution in [3.8, 4) is 0 Å². The predicted molar refractivity (Wildman–Crippen MR) is 55.9 cm³/mol. The number of nitrogens with zero attached hydrogens (tertiary/aromatic N) is 1. The summed E-state index contributed by atoms with van der Waals surface area (Å²) in [4.78, 5) is 2.56. The number of hydrogen-bond donors (Lipinski definition) is 0. The molecule has 0 aliphatic carbocycles. The van der Waals surface area contributed by atoms with E-state index in [0.29, 0.717) is 0 Å². The molecule has 78 valence electrons. The topological polar surface area (TPSA) is 12.5 Å². The summed E-state index contributed by atoms with van der Waals surface area (Å²) < 4.78 is 5.04. The van der Waals surface area contributed by atoms with Gasteiger partial charge < -0.3 is 9.64 Å². The lowest BCUT2D eigenvalue weighted by molar-refractivity contribution is 0.0733.